The van der Waals surface area contributed by atoms with E-state index in [1.54, 1.807) is 12.1 Å². The van der Waals surface area contributed by atoms with Crippen molar-refractivity contribution in [3.05, 3.63) is 47.7 Å². The van der Waals surface area contributed by atoms with Crippen molar-refractivity contribution in [2.45, 2.75) is 11.3 Å². The van der Waals surface area contributed by atoms with Gasteiger partial charge in [0, 0.05) is 18.1 Å². The van der Waals surface area contributed by atoms with E-state index in [0.29, 0.717) is 34.5 Å². The number of nitrogen functional groups attached to an aromatic ring is 1. The Morgan fingerprint density at radius 2 is 1.88 bits per heavy atom. The molecule has 0 spiro atoms. The molecule has 2 heterocycles. The van der Waals surface area contributed by atoms with Crippen LogP contribution in [0.15, 0.2) is 41.3 Å². The molecule has 2 aromatic carbocycles. The molecule has 0 aliphatic carbocycles. The molecule has 0 atom stereocenters. The first-order valence-corrected chi connectivity index (χ1v) is 9.44. The summed E-state index contributed by atoms with van der Waals surface area (Å²) in [5.41, 5.74) is 8.03. The minimum Gasteiger partial charge on any atom is -0.454 e. The van der Waals surface area contributed by atoms with Gasteiger partial charge in [-0.15, -0.1) is 0 Å². The van der Waals surface area contributed by atoms with Gasteiger partial charge in [0.2, 0.25) is 12.7 Å². The smallest absolute Gasteiger partial charge is 0.231 e. The molecule has 1 aliphatic heterocycles. The topological polar surface area (TPSA) is 104 Å². The van der Waals surface area contributed by atoms with Gasteiger partial charge in [-0.05, 0) is 35.9 Å². The molecule has 0 radical (unpaired) electrons. The highest BCUT2D eigenvalue weighted by molar-refractivity contribution is 7.90. The second-order valence-electron chi connectivity index (χ2n) is 5.84. The normalized spacial score (nSPS) is 13.3. The van der Waals surface area contributed by atoms with Crippen molar-refractivity contribution in [3.8, 4) is 11.5 Å². The van der Waals surface area contributed by atoms with Crippen LogP contribution in [0.3, 0.4) is 0 Å². The number of benzene rings is 2. The molecule has 25 heavy (non-hydrogen) atoms. The Morgan fingerprint density at radius 1 is 1.08 bits per heavy atom. The summed E-state index contributed by atoms with van der Waals surface area (Å²) < 4.78 is 34.4. The summed E-state index contributed by atoms with van der Waals surface area (Å²) in [4.78, 5) is 8.72. The zero-order valence-electron chi connectivity index (χ0n) is 13.4. The second-order valence-corrected chi connectivity index (χ2v) is 7.86. The lowest BCUT2D eigenvalue weighted by atomic mass is 10.1. The van der Waals surface area contributed by atoms with Gasteiger partial charge >= 0.3 is 0 Å². The highest BCUT2D eigenvalue weighted by atomic mass is 32.2. The molecule has 2 N–H and O–H groups in total. The Bertz CT molecular complexity index is 1100. The molecular weight excluding hydrogens is 342 g/mol. The molecule has 4 rings (SSSR count). The number of nitrogens with two attached hydrogens (primary N) is 1. The number of anilines is 1. The van der Waals surface area contributed by atoms with Crippen molar-refractivity contribution in [1.82, 2.24) is 9.97 Å². The molecule has 0 fully saturated rings. The summed E-state index contributed by atoms with van der Waals surface area (Å²) in [7, 11) is -3.33. The largest absolute Gasteiger partial charge is 0.454 e. The molecule has 0 bridgehead atoms. The first kappa shape index (κ1) is 15.6. The van der Waals surface area contributed by atoms with Crippen molar-refractivity contribution < 1.29 is 17.9 Å². The van der Waals surface area contributed by atoms with E-state index in [1.165, 1.54) is 12.3 Å². The Kier molecular flexibility index (Phi) is 3.50. The summed E-state index contributed by atoms with van der Waals surface area (Å²) >= 11 is 0. The van der Waals surface area contributed by atoms with Gasteiger partial charge in [-0.25, -0.2) is 18.4 Å². The van der Waals surface area contributed by atoms with E-state index in [-0.39, 0.29) is 17.6 Å². The minimum atomic E-state index is -3.33. The van der Waals surface area contributed by atoms with Gasteiger partial charge in [0.05, 0.1) is 16.1 Å². The lowest BCUT2D eigenvalue weighted by molar-refractivity contribution is 0.174. The number of aromatic nitrogens is 2. The molecule has 7 nitrogen and oxygen atoms in total. The zero-order chi connectivity index (χ0) is 17.6. The summed E-state index contributed by atoms with van der Waals surface area (Å²) in [6.07, 6.45) is 1.64. The lowest BCUT2D eigenvalue weighted by Crippen LogP contribution is -2.03. The number of hydrogen-bond acceptors (Lipinski definition) is 7. The maximum Gasteiger partial charge on any atom is 0.231 e. The number of ether oxygens (including phenoxy) is 2. The predicted octanol–water partition coefficient (Wildman–Crippen LogP) is 1.94. The van der Waals surface area contributed by atoms with Gasteiger partial charge in [0.25, 0.3) is 0 Å². The Labute approximate surface area is 144 Å². The molecule has 1 aromatic heterocycles. The highest BCUT2D eigenvalue weighted by Gasteiger charge is 2.16. The fourth-order valence-electron chi connectivity index (χ4n) is 2.80. The van der Waals surface area contributed by atoms with Gasteiger partial charge in [-0.1, -0.05) is 6.07 Å². The highest BCUT2D eigenvalue weighted by Crippen LogP contribution is 2.33. The standard InChI is InChI=1S/C17H15N3O4S/c1-25(21,22)11-3-4-13-12(8-11)14(20-17(18)19-13)6-10-2-5-15-16(7-10)24-9-23-15/h2-5,7-8H,6,9H2,1H3,(H2,18,19,20). The lowest BCUT2D eigenvalue weighted by Gasteiger charge is -2.09. The maximum absolute atomic E-state index is 11.8. The molecule has 8 heteroatoms. The van der Waals surface area contributed by atoms with Crippen LogP contribution in [-0.2, 0) is 16.3 Å². The first-order chi connectivity index (χ1) is 11.9. The third kappa shape index (κ3) is 2.96. The molecule has 0 saturated heterocycles. The van der Waals surface area contributed by atoms with Crippen LogP contribution >= 0.6 is 0 Å². The fraction of sp³-hybridized carbons (Fsp3) is 0.176. The van der Waals surface area contributed by atoms with Crippen LogP contribution in [0.2, 0.25) is 0 Å². The summed E-state index contributed by atoms with van der Waals surface area (Å²) in [5, 5.41) is 0.662. The molecule has 128 valence electrons. The van der Waals surface area contributed by atoms with Crippen LogP contribution in [0.25, 0.3) is 10.9 Å². The van der Waals surface area contributed by atoms with Crippen molar-refractivity contribution in [3.63, 3.8) is 0 Å². The van der Waals surface area contributed by atoms with Crippen molar-refractivity contribution >= 4 is 26.7 Å². The predicted molar refractivity (Wildman–Crippen MR) is 92.4 cm³/mol. The molecule has 0 saturated carbocycles. The maximum atomic E-state index is 11.8. The Morgan fingerprint density at radius 3 is 2.68 bits per heavy atom. The van der Waals surface area contributed by atoms with E-state index < -0.39 is 9.84 Å². The van der Waals surface area contributed by atoms with Crippen LogP contribution < -0.4 is 15.2 Å². The van der Waals surface area contributed by atoms with Gasteiger partial charge in [0.1, 0.15) is 0 Å². The average Bonchev–Trinajstić information content (AvgIpc) is 3.01. The van der Waals surface area contributed by atoms with Gasteiger partial charge in [-0.2, -0.15) is 0 Å². The van der Waals surface area contributed by atoms with Gasteiger partial charge < -0.3 is 15.2 Å². The SMILES string of the molecule is CS(=O)(=O)c1ccc2nc(N)nc(Cc3ccc4c(c3)OCO4)c2c1. The van der Waals surface area contributed by atoms with E-state index in [1.807, 2.05) is 18.2 Å². The minimum absolute atomic E-state index is 0.148. The van der Waals surface area contributed by atoms with E-state index in [0.717, 1.165) is 5.56 Å². The zero-order valence-corrected chi connectivity index (χ0v) is 14.2. The van der Waals surface area contributed by atoms with E-state index in [2.05, 4.69) is 9.97 Å². The van der Waals surface area contributed by atoms with Crippen molar-refractivity contribution in [1.29, 1.82) is 0 Å². The first-order valence-electron chi connectivity index (χ1n) is 7.55. The summed E-state index contributed by atoms with van der Waals surface area (Å²) in [6, 6.07) is 10.4. The third-order valence-electron chi connectivity index (χ3n) is 4.00. The average molecular weight is 357 g/mol. The molecule has 3 aromatic rings. The monoisotopic (exact) mass is 357 g/mol. The van der Waals surface area contributed by atoms with Gasteiger partial charge in [-0.3, -0.25) is 0 Å². The molecular formula is C17H15N3O4S. The Balaban J connectivity index is 1.82. The second kappa shape index (κ2) is 5.59. The molecule has 0 unspecified atom stereocenters. The van der Waals surface area contributed by atoms with Crippen LogP contribution in [0.4, 0.5) is 5.95 Å². The summed E-state index contributed by atoms with van der Waals surface area (Å²) in [6.45, 7) is 0.208. The quantitative estimate of drug-likeness (QED) is 0.763. The van der Waals surface area contributed by atoms with Crippen molar-refractivity contribution in [2.75, 3.05) is 18.8 Å². The number of rotatable bonds is 3. The van der Waals surface area contributed by atoms with Crippen LogP contribution in [0, 0.1) is 0 Å². The fourth-order valence-corrected chi connectivity index (χ4v) is 3.45. The van der Waals surface area contributed by atoms with Crippen LogP contribution in [0.5, 0.6) is 11.5 Å². The van der Waals surface area contributed by atoms with Crippen LogP contribution in [-0.4, -0.2) is 31.4 Å². The number of hydrogen-bond donors (Lipinski definition) is 1. The summed E-state index contributed by atoms with van der Waals surface area (Å²) in [5.74, 6) is 1.53. The Hall–Kier alpha value is -2.87. The van der Waals surface area contributed by atoms with Crippen LogP contribution in [0.1, 0.15) is 11.3 Å². The number of fused-ring (bicyclic) bond motifs is 2. The number of sulfone groups is 1. The van der Waals surface area contributed by atoms with E-state index in [9.17, 15) is 8.42 Å². The number of nitrogens with zero attached hydrogens (tertiary/aromatic N) is 2. The molecule has 1 aliphatic rings. The molecule has 0 amide bonds. The van der Waals surface area contributed by atoms with Crippen molar-refractivity contribution in [2.24, 2.45) is 0 Å². The van der Waals surface area contributed by atoms with E-state index >= 15 is 0 Å². The van der Waals surface area contributed by atoms with E-state index in [4.69, 9.17) is 15.2 Å². The third-order valence-corrected chi connectivity index (χ3v) is 5.11. The van der Waals surface area contributed by atoms with Gasteiger partial charge in [0.15, 0.2) is 21.3 Å².